The molecule has 0 radical (unpaired) electrons. The topological polar surface area (TPSA) is 29.1 Å². The predicted molar refractivity (Wildman–Crippen MR) is 70.7 cm³/mol. The maximum atomic E-state index is 12.0. The quantitative estimate of drug-likeness (QED) is 0.790. The summed E-state index contributed by atoms with van der Waals surface area (Å²) in [6, 6.07) is 0. The first-order valence-corrected chi connectivity index (χ1v) is 7.84. The van der Waals surface area contributed by atoms with Crippen LogP contribution in [-0.2, 0) is 4.79 Å². The van der Waals surface area contributed by atoms with Gasteiger partial charge in [0.15, 0.2) is 0 Å². The second-order valence-electron chi connectivity index (χ2n) is 4.11. The van der Waals surface area contributed by atoms with Crippen molar-refractivity contribution in [3.63, 3.8) is 0 Å². The lowest BCUT2D eigenvalue weighted by Gasteiger charge is -2.32. The Morgan fingerprint density at radius 2 is 2.20 bits per heavy atom. The van der Waals surface area contributed by atoms with Gasteiger partial charge in [-0.2, -0.15) is 0 Å². The summed E-state index contributed by atoms with van der Waals surface area (Å²) in [4.78, 5) is 12.0. The minimum Gasteiger partial charge on any atom is -0.349 e. The lowest BCUT2D eigenvalue weighted by Crippen LogP contribution is -2.51. The van der Waals surface area contributed by atoms with E-state index >= 15 is 0 Å². The van der Waals surface area contributed by atoms with Crippen molar-refractivity contribution in [3.8, 4) is 0 Å². The summed E-state index contributed by atoms with van der Waals surface area (Å²) in [6.45, 7) is 4.26. The van der Waals surface area contributed by atoms with Crippen LogP contribution < -0.4 is 5.32 Å². The largest absolute Gasteiger partial charge is 0.349 e. The summed E-state index contributed by atoms with van der Waals surface area (Å²) in [5.41, 5.74) is -0.0414. The van der Waals surface area contributed by atoms with Gasteiger partial charge in [-0.25, -0.2) is 0 Å². The first-order valence-electron chi connectivity index (χ1n) is 5.67. The van der Waals surface area contributed by atoms with Crippen molar-refractivity contribution in [2.24, 2.45) is 0 Å². The third-order valence-electron chi connectivity index (χ3n) is 3.22. The molecule has 0 spiro atoms. The van der Waals surface area contributed by atoms with Gasteiger partial charge in [-0.05, 0) is 31.4 Å². The molecule has 0 saturated carbocycles. The van der Waals surface area contributed by atoms with Gasteiger partial charge in [0.1, 0.15) is 0 Å². The Morgan fingerprint density at radius 1 is 1.53 bits per heavy atom. The normalized spacial score (nSPS) is 21.7. The second-order valence-corrected chi connectivity index (χ2v) is 5.98. The maximum absolute atomic E-state index is 12.0. The summed E-state index contributed by atoms with van der Waals surface area (Å²) < 4.78 is 0. The zero-order chi connectivity index (χ0) is 11.3. The Labute approximate surface area is 105 Å². The Morgan fingerprint density at radius 3 is 2.60 bits per heavy atom. The molecule has 15 heavy (non-hydrogen) atoms. The van der Waals surface area contributed by atoms with Crippen LogP contribution >= 0.6 is 27.7 Å². The van der Waals surface area contributed by atoms with E-state index in [1.165, 1.54) is 6.42 Å². The van der Waals surface area contributed by atoms with Crippen molar-refractivity contribution in [1.29, 1.82) is 0 Å². The van der Waals surface area contributed by atoms with Crippen LogP contribution in [0.5, 0.6) is 0 Å². The van der Waals surface area contributed by atoms with Crippen molar-refractivity contribution in [2.45, 2.75) is 50.3 Å². The zero-order valence-electron chi connectivity index (χ0n) is 9.51. The van der Waals surface area contributed by atoms with E-state index in [2.05, 4.69) is 35.1 Å². The summed E-state index contributed by atoms with van der Waals surface area (Å²) in [6.07, 6.45) is 4.19. The van der Waals surface area contributed by atoms with E-state index in [0.29, 0.717) is 0 Å². The van der Waals surface area contributed by atoms with E-state index < -0.39 is 0 Å². The molecular formula is C11H20BrNOS. The molecule has 0 aromatic heterocycles. The van der Waals surface area contributed by atoms with Crippen molar-refractivity contribution in [3.05, 3.63) is 0 Å². The summed E-state index contributed by atoms with van der Waals surface area (Å²) in [5.74, 6) is 1.37. The molecule has 1 N–H and O–H groups in total. The van der Waals surface area contributed by atoms with Crippen LogP contribution in [0, 0.1) is 0 Å². The molecule has 1 atom stereocenters. The number of alkyl halides is 1. The molecule has 1 unspecified atom stereocenters. The van der Waals surface area contributed by atoms with Gasteiger partial charge in [0.05, 0.1) is 5.25 Å². The Bertz CT molecular complexity index is 204. The molecule has 1 fully saturated rings. The average Bonchev–Trinajstić information content (AvgIpc) is 2.79. The van der Waals surface area contributed by atoms with Gasteiger partial charge in [-0.3, -0.25) is 4.79 Å². The molecule has 88 valence electrons. The van der Waals surface area contributed by atoms with Crippen molar-refractivity contribution < 1.29 is 4.79 Å². The standard InChI is InChI=1S/C11H20BrNOS/c1-3-11(4-2,8-12)13-10(14)9-6-5-7-15-9/h9H,3-8H2,1-2H3,(H,13,14). The van der Waals surface area contributed by atoms with Gasteiger partial charge in [0, 0.05) is 10.9 Å². The van der Waals surface area contributed by atoms with Crippen LogP contribution in [0.4, 0.5) is 0 Å². The highest BCUT2D eigenvalue weighted by molar-refractivity contribution is 9.09. The highest BCUT2D eigenvalue weighted by Gasteiger charge is 2.31. The minimum atomic E-state index is -0.0414. The SMILES string of the molecule is CCC(CC)(CBr)NC(=O)C1CCCS1. The van der Waals surface area contributed by atoms with Crippen molar-refractivity contribution in [2.75, 3.05) is 11.1 Å². The van der Waals surface area contributed by atoms with Gasteiger partial charge in [-0.15, -0.1) is 11.8 Å². The number of hydrogen-bond acceptors (Lipinski definition) is 2. The molecule has 2 nitrogen and oxygen atoms in total. The van der Waals surface area contributed by atoms with Gasteiger partial charge in [-0.1, -0.05) is 29.8 Å². The first-order chi connectivity index (χ1) is 7.17. The van der Waals surface area contributed by atoms with Crippen LogP contribution in [0.15, 0.2) is 0 Å². The number of nitrogens with one attached hydrogen (secondary N) is 1. The molecule has 4 heteroatoms. The van der Waals surface area contributed by atoms with Crippen LogP contribution in [0.3, 0.4) is 0 Å². The summed E-state index contributed by atoms with van der Waals surface area (Å²) in [5, 5.41) is 4.25. The van der Waals surface area contributed by atoms with Crippen LogP contribution in [0.25, 0.3) is 0 Å². The molecule has 0 aliphatic carbocycles. The summed E-state index contributed by atoms with van der Waals surface area (Å²) in [7, 11) is 0. The molecule has 0 bridgehead atoms. The van der Waals surface area contributed by atoms with Crippen molar-refractivity contribution in [1.82, 2.24) is 5.32 Å². The highest BCUT2D eigenvalue weighted by atomic mass is 79.9. The Hall–Kier alpha value is 0.300. The van der Waals surface area contributed by atoms with Crippen molar-refractivity contribution >= 4 is 33.6 Å². The minimum absolute atomic E-state index is 0.0414. The molecule has 0 aromatic carbocycles. The number of thioether (sulfide) groups is 1. The molecular weight excluding hydrogens is 274 g/mol. The van der Waals surface area contributed by atoms with Gasteiger partial charge in [0.25, 0.3) is 0 Å². The fraction of sp³-hybridized carbons (Fsp3) is 0.909. The second kappa shape index (κ2) is 6.14. The monoisotopic (exact) mass is 293 g/mol. The van der Waals surface area contributed by atoms with Gasteiger partial charge >= 0.3 is 0 Å². The number of rotatable bonds is 5. The lowest BCUT2D eigenvalue weighted by atomic mass is 9.95. The highest BCUT2D eigenvalue weighted by Crippen LogP contribution is 2.27. The van der Waals surface area contributed by atoms with E-state index in [9.17, 15) is 4.79 Å². The number of halogens is 1. The molecule has 1 aliphatic heterocycles. The molecule has 1 saturated heterocycles. The molecule has 1 amide bonds. The average molecular weight is 294 g/mol. The zero-order valence-corrected chi connectivity index (χ0v) is 11.9. The lowest BCUT2D eigenvalue weighted by molar-refractivity contribution is -0.122. The van der Waals surface area contributed by atoms with E-state index in [1.807, 2.05) is 0 Å². The van der Waals surface area contributed by atoms with E-state index in [4.69, 9.17) is 0 Å². The molecule has 1 heterocycles. The fourth-order valence-corrected chi connectivity index (χ4v) is 3.87. The fourth-order valence-electron chi connectivity index (χ4n) is 1.78. The third kappa shape index (κ3) is 3.38. The number of carbonyl (C=O) groups excluding carboxylic acids is 1. The Kier molecular flexibility index (Phi) is 5.47. The summed E-state index contributed by atoms with van der Waals surface area (Å²) >= 11 is 5.30. The number of hydrogen-bond donors (Lipinski definition) is 1. The molecule has 1 aliphatic rings. The third-order valence-corrected chi connectivity index (χ3v) is 5.67. The van der Waals surface area contributed by atoms with E-state index in [-0.39, 0.29) is 16.7 Å². The predicted octanol–water partition coefficient (Wildman–Crippen LogP) is 2.95. The van der Waals surface area contributed by atoms with E-state index in [0.717, 1.165) is 30.3 Å². The smallest absolute Gasteiger partial charge is 0.233 e. The Balaban J connectivity index is 2.53. The van der Waals surface area contributed by atoms with Gasteiger partial charge in [0.2, 0.25) is 5.91 Å². The van der Waals surface area contributed by atoms with Crippen LogP contribution in [0.1, 0.15) is 39.5 Å². The van der Waals surface area contributed by atoms with Crippen LogP contribution in [0.2, 0.25) is 0 Å². The first kappa shape index (κ1) is 13.4. The maximum Gasteiger partial charge on any atom is 0.233 e. The number of carbonyl (C=O) groups is 1. The molecule has 1 rings (SSSR count). The molecule has 0 aromatic rings. The van der Waals surface area contributed by atoms with E-state index in [1.54, 1.807) is 11.8 Å². The number of amides is 1. The van der Waals surface area contributed by atoms with Crippen LogP contribution in [-0.4, -0.2) is 27.8 Å². The van der Waals surface area contributed by atoms with Gasteiger partial charge < -0.3 is 5.32 Å².